The van der Waals surface area contributed by atoms with Crippen molar-refractivity contribution in [3.8, 4) is 11.5 Å². The van der Waals surface area contributed by atoms with Crippen molar-refractivity contribution >= 4 is 17.4 Å². The van der Waals surface area contributed by atoms with Gasteiger partial charge < -0.3 is 19.5 Å². The molecule has 0 bridgehead atoms. The van der Waals surface area contributed by atoms with Crippen LogP contribution in [0.3, 0.4) is 0 Å². The fourth-order valence-corrected chi connectivity index (χ4v) is 4.50. The van der Waals surface area contributed by atoms with Crippen molar-refractivity contribution in [1.82, 2.24) is 4.90 Å². The molecule has 6 nitrogen and oxygen atoms in total. The molecule has 0 saturated carbocycles. The summed E-state index contributed by atoms with van der Waals surface area (Å²) in [6.45, 7) is 4.08. The van der Waals surface area contributed by atoms with E-state index in [4.69, 9.17) is 9.47 Å². The second kappa shape index (κ2) is 10.1. The van der Waals surface area contributed by atoms with Gasteiger partial charge in [-0.25, -0.2) is 0 Å². The quantitative estimate of drug-likeness (QED) is 0.299. The summed E-state index contributed by atoms with van der Waals surface area (Å²) in [7, 11) is 3.16. The molecule has 6 heteroatoms. The second-order valence-electron chi connectivity index (χ2n) is 8.65. The standard InChI is InChI=1S/C29H29NO5/c1-18-9-10-19(2)23(17-18)27(31)25-26(22-7-5-6-8-24(22)35-4)30(29(33)28(25)32)16-15-20-11-13-21(34-3)14-12-20/h5-14,17,26,31H,15-16H2,1-4H3/b27-25+. The molecule has 1 atom stereocenters. The van der Waals surface area contributed by atoms with Gasteiger partial charge in [-0.3, -0.25) is 9.59 Å². The minimum absolute atomic E-state index is 0.0722. The first-order valence-electron chi connectivity index (χ1n) is 11.5. The molecule has 1 amide bonds. The number of amides is 1. The number of ether oxygens (including phenoxy) is 2. The van der Waals surface area contributed by atoms with Crippen LogP contribution in [0.2, 0.25) is 0 Å². The number of aliphatic hydroxyl groups is 1. The van der Waals surface area contributed by atoms with Gasteiger partial charge in [-0.05, 0) is 55.7 Å². The Morgan fingerprint density at radius 1 is 0.943 bits per heavy atom. The molecular weight excluding hydrogens is 442 g/mol. The number of Topliss-reactive ketones (excluding diaryl/α,β-unsaturated/α-hetero) is 1. The van der Waals surface area contributed by atoms with Crippen molar-refractivity contribution in [1.29, 1.82) is 0 Å². The maximum absolute atomic E-state index is 13.3. The molecule has 0 radical (unpaired) electrons. The number of ketones is 1. The fourth-order valence-electron chi connectivity index (χ4n) is 4.50. The molecule has 1 heterocycles. The number of methoxy groups -OCH3 is 2. The van der Waals surface area contributed by atoms with Crippen molar-refractivity contribution in [3.63, 3.8) is 0 Å². The predicted molar refractivity (Wildman–Crippen MR) is 135 cm³/mol. The Morgan fingerprint density at radius 2 is 1.66 bits per heavy atom. The van der Waals surface area contributed by atoms with Crippen LogP contribution in [0, 0.1) is 13.8 Å². The molecule has 1 N–H and O–H groups in total. The normalized spacial score (nSPS) is 17.0. The summed E-state index contributed by atoms with van der Waals surface area (Å²) in [5.41, 5.74) is 4.02. The monoisotopic (exact) mass is 471 g/mol. The van der Waals surface area contributed by atoms with E-state index in [9.17, 15) is 14.7 Å². The summed E-state index contributed by atoms with van der Waals surface area (Å²) < 4.78 is 10.8. The smallest absolute Gasteiger partial charge is 0.295 e. The summed E-state index contributed by atoms with van der Waals surface area (Å²) in [6.07, 6.45) is 0.534. The van der Waals surface area contributed by atoms with Gasteiger partial charge in [-0.15, -0.1) is 0 Å². The first kappa shape index (κ1) is 24.1. The maximum Gasteiger partial charge on any atom is 0.295 e. The van der Waals surface area contributed by atoms with Crippen LogP contribution < -0.4 is 9.47 Å². The number of likely N-dealkylation sites (tertiary alicyclic amines) is 1. The van der Waals surface area contributed by atoms with Crippen LogP contribution >= 0.6 is 0 Å². The molecule has 1 saturated heterocycles. The highest BCUT2D eigenvalue weighted by Gasteiger charge is 2.46. The van der Waals surface area contributed by atoms with Crippen molar-refractivity contribution in [3.05, 3.63) is 100 Å². The molecule has 1 aliphatic heterocycles. The zero-order valence-electron chi connectivity index (χ0n) is 20.4. The largest absolute Gasteiger partial charge is 0.507 e. The minimum atomic E-state index is -0.774. The molecule has 180 valence electrons. The van der Waals surface area contributed by atoms with E-state index in [1.54, 1.807) is 20.3 Å². The van der Waals surface area contributed by atoms with Crippen LogP contribution in [0.5, 0.6) is 11.5 Å². The molecule has 0 aliphatic carbocycles. The molecular formula is C29H29NO5. The lowest BCUT2D eigenvalue weighted by molar-refractivity contribution is -0.139. The maximum atomic E-state index is 13.3. The molecule has 1 aliphatic rings. The number of rotatable bonds is 7. The van der Waals surface area contributed by atoms with Crippen LogP contribution in [-0.2, 0) is 16.0 Å². The van der Waals surface area contributed by atoms with E-state index >= 15 is 0 Å². The third-order valence-corrected chi connectivity index (χ3v) is 6.42. The van der Waals surface area contributed by atoms with E-state index in [1.165, 1.54) is 4.90 Å². The number of carbonyl (C=O) groups is 2. The van der Waals surface area contributed by atoms with E-state index < -0.39 is 17.7 Å². The van der Waals surface area contributed by atoms with Crippen molar-refractivity contribution < 1.29 is 24.2 Å². The SMILES string of the molecule is COc1ccc(CCN2C(=O)C(=O)/C(=C(/O)c3cc(C)ccc3C)C2c2ccccc2OC)cc1. The van der Waals surface area contributed by atoms with Gasteiger partial charge in [0.05, 0.1) is 25.8 Å². The molecule has 4 rings (SSSR count). The highest BCUT2D eigenvalue weighted by Crippen LogP contribution is 2.43. The average Bonchev–Trinajstić information content (AvgIpc) is 3.13. The van der Waals surface area contributed by atoms with Crippen LogP contribution in [0.4, 0.5) is 0 Å². The molecule has 1 unspecified atom stereocenters. The topological polar surface area (TPSA) is 76.1 Å². The Labute approximate surface area is 205 Å². The lowest BCUT2D eigenvalue weighted by Crippen LogP contribution is -2.31. The Kier molecular flexibility index (Phi) is 6.92. The highest BCUT2D eigenvalue weighted by atomic mass is 16.5. The third kappa shape index (κ3) is 4.64. The average molecular weight is 472 g/mol. The number of aliphatic hydroxyl groups excluding tert-OH is 1. The number of hydrogen-bond donors (Lipinski definition) is 1. The second-order valence-corrected chi connectivity index (χ2v) is 8.65. The van der Waals surface area contributed by atoms with Crippen LogP contribution in [-0.4, -0.2) is 42.5 Å². The molecule has 3 aromatic carbocycles. The zero-order valence-corrected chi connectivity index (χ0v) is 20.4. The van der Waals surface area contributed by atoms with Gasteiger partial charge in [0.15, 0.2) is 0 Å². The number of hydrogen-bond acceptors (Lipinski definition) is 5. The first-order valence-corrected chi connectivity index (χ1v) is 11.5. The molecule has 0 aromatic heterocycles. The van der Waals surface area contributed by atoms with Crippen molar-refractivity contribution in [2.45, 2.75) is 26.3 Å². The van der Waals surface area contributed by atoms with E-state index in [1.807, 2.05) is 74.5 Å². The van der Waals surface area contributed by atoms with Gasteiger partial charge >= 0.3 is 0 Å². The van der Waals surface area contributed by atoms with Gasteiger partial charge in [-0.2, -0.15) is 0 Å². The predicted octanol–water partition coefficient (Wildman–Crippen LogP) is 4.99. The Hall–Kier alpha value is -4.06. The minimum Gasteiger partial charge on any atom is -0.507 e. The molecule has 0 spiro atoms. The van der Waals surface area contributed by atoms with Gasteiger partial charge in [-0.1, -0.05) is 48.0 Å². The fraction of sp³-hybridized carbons (Fsp3) is 0.241. The number of aryl methyl sites for hydroxylation is 2. The van der Waals surface area contributed by atoms with E-state index in [0.29, 0.717) is 29.8 Å². The lowest BCUT2D eigenvalue weighted by Gasteiger charge is -2.26. The Morgan fingerprint density at radius 3 is 2.34 bits per heavy atom. The summed E-state index contributed by atoms with van der Waals surface area (Å²) in [5, 5.41) is 11.4. The van der Waals surface area contributed by atoms with Crippen LogP contribution in [0.25, 0.3) is 5.76 Å². The zero-order chi connectivity index (χ0) is 25.1. The van der Waals surface area contributed by atoms with E-state index in [0.717, 1.165) is 22.4 Å². The summed E-state index contributed by atoms with van der Waals surface area (Å²) in [4.78, 5) is 28.1. The molecule has 35 heavy (non-hydrogen) atoms. The third-order valence-electron chi connectivity index (χ3n) is 6.42. The van der Waals surface area contributed by atoms with Crippen molar-refractivity contribution in [2.75, 3.05) is 20.8 Å². The van der Waals surface area contributed by atoms with Crippen LogP contribution in [0.1, 0.15) is 33.9 Å². The van der Waals surface area contributed by atoms with Gasteiger partial charge in [0.25, 0.3) is 11.7 Å². The molecule has 3 aromatic rings. The lowest BCUT2D eigenvalue weighted by atomic mass is 9.92. The number of nitrogens with zero attached hydrogens (tertiary/aromatic N) is 1. The summed E-state index contributed by atoms with van der Waals surface area (Å²) >= 11 is 0. The Balaban J connectivity index is 1.81. The van der Waals surface area contributed by atoms with E-state index in [2.05, 4.69) is 0 Å². The number of benzene rings is 3. The van der Waals surface area contributed by atoms with Gasteiger partial charge in [0, 0.05) is 17.7 Å². The Bertz CT molecular complexity index is 1290. The highest BCUT2D eigenvalue weighted by molar-refractivity contribution is 6.46. The van der Waals surface area contributed by atoms with E-state index in [-0.39, 0.29) is 11.3 Å². The van der Waals surface area contributed by atoms with Gasteiger partial charge in [0.2, 0.25) is 0 Å². The molecule has 1 fully saturated rings. The van der Waals surface area contributed by atoms with Crippen LogP contribution in [0.15, 0.2) is 72.3 Å². The number of carbonyl (C=O) groups excluding carboxylic acids is 2. The number of para-hydroxylation sites is 1. The van der Waals surface area contributed by atoms with Crippen molar-refractivity contribution in [2.24, 2.45) is 0 Å². The van der Waals surface area contributed by atoms with Gasteiger partial charge in [0.1, 0.15) is 17.3 Å². The summed E-state index contributed by atoms with van der Waals surface area (Å²) in [5.74, 6) is -0.222. The summed E-state index contributed by atoms with van der Waals surface area (Å²) in [6, 6.07) is 19.8. The first-order chi connectivity index (χ1) is 16.8.